The summed E-state index contributed by atoms with van der Waals surface area (Å²) in [5, 5.41) is 3.03. The molecule has 0 spiro atoms. The van der Waals surface area contributed by atoms with Gasteiger partial charge in [0.1, 0.15) is 0 Å². The lowest BCUT2D eigenvalue weighted by Crippen LogP contribution is -2.15. The first kappa shape index (κ1) is 13.8. The predicted molar refractivity (Wildman–Crippen MR) is 85.3 cm³/mol. The molecular formula is C18H20N2O. The number of hydrogen-bond acceptors (Lipinski definition) is 2. The Labute approximate surface area is 125 Å². The highest BCUT2D eigenvalue weighted by Gasteiger charge is 2.32. The molecule has 1 aliphatic heterocycles. The van der Waals surface area contributed by atoms with Gasteiger partial charge in [0, 0.05) is 5.69 Å². The fraction of sp³-hybridized carbons (Fsp3) is 0.278. The van der Waals surface area contributed by atoms with Crippen molar-refractivity contribution in [1.82, 2.24) is 0 Å². The van der Waals surface area contributed by atoms with Gasteiger partial charge < -0.3 is 11.1 Å². The van der Waals surface area contributed by atoms with Gasteiger partial charge in [-0.05, 0) is 30.0 Å². The minimum Gasteiger partial charge on any atom is -0.325 e. The SMILES string of the molecule is CCC1C(=O)Nc2c1cc(C)cc2C(N)c1ccccc1. The first-order chi connectivity index (χ1) is 10.1. The van der Waals surface area contributed by atoms with Crippen LogP contribution in [0.3, 0.4) is 0 Å². The molecule has 21 heavy (non-hydrogen) atoms. The molecule has 108 valence electrons. The van der Waals surface area contributed by atoms with Crippen molar-refractivity contribution in [2.75, 3.05) is 5.32 Å². The summed E-state index contributed by atoms with van der Waals surface area (Å²) in [5.41, 5.74) is 11.6. The molecule has 1 aliphatic rings. The van der Waals surface area contributed by atoms with Crippen LogP contribution >= 0.6 is 0 Å². The molecular weight excluding hydrogens is 260 g/mol. The minimum atomic E-state index is -0.226. The first-order valence-corrected chi connectivity index (χ1v) is 7.37. The second-order valence-corrected chi connectivity index (χ2v) is 5.66. The van der Waals surface area contributed by atoms with Crippen molar-refractivity contribution < 1.29 is 4.79 Å². The Morgan fingerprint density at radius 2 is 1.95 bits per heavy atom. The molecule has 0 fully saturated rings. The molecule has 2 atom stereocenters. The zero-order chi connectivity index (χ0) is 15.0. The summed E-state index contributed by atoms with van der Waals surface area (Å²) in [4.78, 5) is 12.1. The number of amides is 1. The van der Waals surface area contributed by atoms with Gasteiger partial charge in [0.2, 0.25) is 5.91 Å². The maximum atomic E-state index is 12.1. The highest BCUT2D eigenvalue weighted by atomic mass is 16.2. The average molecular weight is 280 g/mol. The van der Waals surface area contributed by atoms with Crippen molar-refractivity contribution >= 4 is 11.6 Å². The van der Waals surface area contributed by atoms with E-state index < -0.39 is 0 Å². The van der Waals surface area contributed by atoms with Crippen LogP contribution in [0.25, 0.3) is 0 Å². The van der Waals surface area contributed by atoms with Gasteiger partial charge in [-0.25, -0.2) is 0 Å². The van der Waals surface area contributed by atoms with E-state index in [1.54, 1.807) is 0 Å². The molecule has 2 aromatic rings. The maximum absolute atomic E-state index is 12.1. The molecule has 3 N–H and O–H groups in total. The van der Waals surface area contributed by atoms with Crippen LogP contribution in [0.2, 0.25) is 0 Å². The molecule has 0 saturated carbocycles. The number of rotatable bonds is 3. The Kier molecular flexibility index (Phi) is 3.52. The molecule has 0 aliphatic carbocycles. The number of nitrogens with two attached hydrogens (primary N) is 1. The van der Waals surface area contributed by atoms with E-state index in [4.69, 9.17) is 5.73 Å². The van der Waals surface area contributed by atoms with Crippen molar-refractivity contribution in [2.45, 2.75) is 32.2 Å². The molecule has 2 unspecified atom stereocenters. The lowest BCUT2D eigenvalue weighted by molar-refractivity contribution is -0.117. The third kappa shape index (κ3) is 2.34. The number of carbonyl (C=O) groups is 1. The van der Waals surface area contributed by atoms with Gasteiger partial charge in [-0.1, -0.05) is 55.0 Å². The van der Waals surface area contributed by atoms with Crippen molar-refractivity contribution in [3.63, 3.8) is 0 Å². The fourth-order valence-corrected chi connectivity index (χ4v) is 3.10. The summed E-state index contributed by atoms with van der Waals surface area (Å²) in [7, 11) is 0. The molecule has 1 heterocycles. The largest absolute Gasteiger partial charge is 0.325 e. The Morgan fingerprint density at radius 1 is 1.24 bits per heavy atom. The van der Waals surface area contributed by atoms with Crippen LogP contribution in [-0.4, -0.2) is 5.91 Å². The zero-order valence-electron chi connectivity index (χ0n) is 12.4. The number of aryl methyl sites for hydroxylation is 1. The maximum Gasteiger partial charge on any atom is 0.232 e. The number of benzene rings is 2. The van der Waals surface area contributed by atoms with Gasteiger partial charge in [0.25, 0.3) is 0 Å². The Bertz CT molecular complexity index is 679. The molecule has 0 saturated heterocycles. The number of carbonyl (C=O) groups excluding carboxylic acids is 1. The molecule has 0 radical (unpaired) electrons. The average Bonchev–Trinajstić information content (AvgIpc) is 2.81. The van der Waals surface area contributed by atoms with Gasteiger partial charge >= 0.3 is 0 Å². The summed E-state index contributed by atoms with van der Waals surface area (Å²) in [6.07, 6.45) is 0.808. The van der Waals surface area contributed by atoms with Crippen molar-refractivity contribution in [3.8, 4) is 0 Å². The van der Waals surface area contributed by atoms with Crippen LogP contribution in [0.15, 0.2) is 42.5 Å². The number of anilines is 1. The monoisotopic (exact) mass is 280 g/mol. The zero-order valence-corrected chi connectivity index (χ0v) is 12.4. The quantitative estimate of drug-likeness (QED) is 0.904. The van der Waals surface area contributed by atoms with E-state index in [0.717, 1.165) is 34.4 Å². The Morgan fingerprint density at radius 3 is 2.62 bits per heavy atom. The molecule has 3 heteroatoms. The Balaban J connectivity index is 2.11. The van der Waals surface area contributed by atoms with E-state index in [0.29, 0.717) is 0 Å². The molecule has 1 amide bonds. The molecule has 0 bridgehead atoms. The van der Waals surface area contributed by atoms with Crippen molar-refractivity contribution in [3.05, 3.63) is 64.7 Å². The summed E-state index contributed by atoms with van der Waals surface area (Å²) >= 11 is 0. The molecule has 2 aromatic carbocycles. The van der Waals surface area contributed by atoms with E-state index in [1.165, 1.54) is 0 Å². The van der Waals surface area contributed by atoms with Gasteiger partial charge in [-0.3, -0.25) is 4.79 Å². The van der Waals surface area contributed by atoms with Crippen LogP contribution in [0, 0.1) is 6.92 Å². The topological polar surface area (TPSA) is 55.1 Å². The third-order valence-corrected chi connectivity index (χ3v) is 4.19. The first-order valence-electron chi connectivity index (χ1n) is 7.37. The second kappa shape index (κ2) is 5.34. The van der Waals surface area contributed by atoms with Crippen molar-refractivity contribution in [1.29, 1.82) is 0 Å². The summed E-state index contributed by atoms with van der Waals surface area (Å²) < 4.78 is 0. The lowest BCUT2D eigenvalue weighted by Gasteiger charge is -2.18. The van der Waals surface area contributed by atoms with Crippen molar-refractivity contribution in [2.24, 2.45) is 5.73 Å². The minimum absolute atomic E-state index is 0.0541. The smallest absolute Gasteiger partial charge is 0.232 e. The summed E-state index contributed by atoms with van der Waals surface area (Å²) in [6, 6.07) is 13.9. The second-order valence-electron chi connectivity index (χ2n) is 5.66. The van der Waals surface area contributed by atoms with E-state index in [-0.39, 0.29) is 17.9 Å². The number of fused-ring (bicyclic) bond motifs is 1. The molecule has 0 aromatic heterocycles. The highest BCUT2D eigenvalue weighted by molar-refractivity contribution is 6.04. The van der Waals surface area contributed by atoms with Gasteiger partial charge in [0.05, 0.1) is 12.0 Å². The fourth-order valence-electron chi connectivity index (χ4n) is 3.10. The standard InChI is InChI=1S/C18H20N2O/c1-3-13-14-9-11(2)10-15(17(14)20-18(13)21)16(19)12-7-5-4-6-8-12/h4-10,13,16H,3,19H2,1-2H3,(H,20,21). The van der Waals surface area contributed by atoms with E-state index in [9.17, 15) is 4.79 Å². The van der Waals surface area contributed by atoms with E-state index in [2.05, 4.69) is 24.4 Å². The van der Waals surface area contributed by atoms with Gasteiger partial charge in [0.15, 0.2) is 0 Å². The van der Waals surface area contributed by atoms with Crippen LogP contribution in [0.4, 0.5) is 5.69 Å². The predicted octanol–water partition coefficient (Wildman–Crippen LogP) is 3.49. The number of hydrogen-bond donors (Lipinski definition) is 2. The summed E-state index contributed by atoms with van der Waals surface area (Å²) in [5.74, 6) is 0.0289. The Hall–Kier alpha value is -2.13. The van der Waals surface area contributed by atoms with Gasteiger partial charge in [-0.2, -0.15) is 0 Å². The summed E-state index contributed by atoms with van der Waals surface area (Å²) in [6.45, 7) is 4.09. The van der Waals surface area contributed by atoms with Gasteiger partial charge in [-0.15, -0.1) is 0 Å². The number of nitrogens with one attached hydrogen (secondary N) is 1. The van der Waals surface area contributed by atoms with E-state index in [1.807, 2.05) is 37.3 Å². The van der Waals surface area contributed by atoms with Crippen LogP contribution in [0.1, 0.15) is 47.6 Å². The lowest BCUT2D eigenvalue weighted by atomic mass is 9.90. The van der Waals surface area contributed by atoms with Crippen LogP contribution in [-0.2, 0) is 4.79 Å². The highest BCUT2D eigenvalue weighted by Crippen LogP contribution is 2.40. The van der Waals surface area contributed by atoms with Crippen LogP contribution in [0.5, 0.6) is 0 Å². The van der Waals surface area contributed by atoms with E-state index >= 15 is 0 Å². The third-order valence-electron chi connectivity index (χ3n) is 4.19. The normalized spacial score (nSPS) is 18.2. The molecule has 3 rings (SSSR count). The molecule has 3 nitrogen and oxygen atoms in total. The van der Waals surface area contributed by atoms with Crippen LogP contribution < -0.4 is 11.1 Å².